The van der Waals surface area contributed by atoms with Gasteiger partial charge in [-0.3, -0.25) is 0 Å². The average molecular weight is 279 g/mol. The van der Waals surface area contributed by atoms with Gasteiger partial charge in [0, 0.05) is 31.4 Å². The molecule has 0 bridgehead atoms. The van der Waals surface area contributed by atoms with Gasteiger partial charge in [-0.05, 0) is 6.42 Å². The van der Waals surface area contributed by atoms with Crippen LogP contribution in [0.15, 0.2) is 6.07 Å². The van der Waals surface area contributed by atoms with E-state index in [1.165, 1.54) is 0 Å². The second-order valence-electron chi connectivity index (χ2n) is 5.46. The molecule has 1 aromatic rings. The van der Waals surface area contributed by atoms with E-state index in [2.05, 4.69) is 36.1 Å². The molecule has 0 atom stereocenters. The van der Waals surface area contributed by atoms with Crippen LogP contribution in [0.5, 0.6) is 5.88 Å². The maximum absolute atomic E-state index is 6.00. The molecule has 1 aromatic heterocycles. The smallest absolute Gasteiger partial charge is 0.219 e. The van der Waals surface area contributed by atoms with Gasteiger partial charge in [0.2, 0.25) is 5.88 Å². The van der Waals surface area contributed by atoms with Crippen LogP contribution in [-0.4, -0.2) is 35.8 Å². The number of ether oxygens (including phenoxy) is 2. The molecule has 2 rings (SSSR count). The van der Waals surface area contributed by atoms with Crippen LogP contribution >= 0.6 is 0 Å². The Morgan fingerprint density at radius 3 is 2.75 bits per heavy atom. The normalized spacial score (nSPS) is 16.4. The Balaban J connectivity index is 2.10. The second-order valence-corrected chi connectivity index (χ2v) is 5.46. The summed E-state index contributed by atoms with van der Waals surface area (Å²) in [6, 6.07) is 1.90. The molecule has 1 fully saturated rings. The lowest BCUT2D eigenvalue weighted by molar-refractivity contribution is 0.0236. The fourth-order valence-electron chi connectivity index (χ4n) is 2.07. The van der Waals surface area contributed by atoms with Crippen LogP contribution in [0.4, 0.5) is 5.82 Å². The SMILES string of the molecule is CCCNc1cc(OC2CCOCC2)nc(C(C)C)n1. The van der Waals surface area contributed by atoms with Crippen LogP contribution < -0.4 is 10.1 Å². The maximum atomic E-state index is 6.00. The number of hydrogen-bond acceptors (Lipinski definition) is 5. The van der Waals surface area contributed by atoms with Crippen LogP contribution in [0.1, 0.15) is 51.8 Å². The van der Waals surface area contributed by atoms with Gasteiger partial charge in [0.15, 0.2) is 0 Å². The molecule has 1 saturated heterocycles. The van der Waals surface area contributed by atoms with Gasteiger partial charge in [0.1, 0.15) is 17.7 Å². The summed E-state index contributed by atoms with van der Waals surface area (Å²) in [6.07, 6.45) is 3.13. The van der Waals surface area contributed by atoms with Crippen LogP contribution in [0.3, 0.4) is 0 Å². The zero-order valence-electron chi connectivity index (χ0n) is 12.7. The van der Waals surface area contributed by atoms with Crippen LogP contribution in [0.25, 0.3) is 0 Å². The molecule has 0 amide bonds. The van der Waals surface area contributed by atoms with Crippen molar-refractivity contribution in [3.05, 3.63) is 11.9 Å². The number of nitrogens with zero attached hydrogens (tertiary/aromatic N) is 2. The highest BCUT2D eigenvalue weighted by molar-refractivity contribution is 5.38. The summed E-state index contributed by atoms with van der Waals surface area (Å²) < 4.78 is 11.3. The molecule has 0 spiro atoms. The number of nitrogens with one attached hydrogen (secondary N) is 1. The number of anilines is 1. The van der Waals surface area contributed by atoms with E-state index in [1.807, 2.05) is 6.07 Å². The fourth-order valence-corrected chi connectivity index (χ4v) is 2.07. The van der Waals surface area contributed by atoms with Crippen LogP contribution in [0.2, 0.25) is 0 Å². The molecular weight excluding hydrogens is 254 g/mol. The van der Waals surface area contributed by atoms with E-state index in [1.54, 1.807) is 0 Å². The van der Waals surface area contributed by atoms with Crippen molar-refractivity contribution in [1.29, 1.82) is 0 Å². The van der Waals surface area contributed by atoms with Crippen LogP contribution in [0, 0.1) is 0 Å². The molecule has 5 nitrogen and oxygen atoms in total. The predicted molar refractivity (Wildman–Crippen MR) is 79.4 cm³/mol. The average Bonchev–Trinajstić information content (AvgIpc) is 2.46. The lowest BCUT2D eigenvalue weighted by atomic mass is 10.1. The highest BCUT2D eigenvalue weighted by atomic mass is 16.5. The molecule has 0 saturated carbocycles. The number of aromatic nitrogens is 2. The molecule has 0 aliphatic carbocycles. The zero-order chi connectivity index (χ0) is 14.4. The highest BCUT2D eigenvalue weighted by Crippen LogP contribution is 2.21. The molecule has 0 aromatic carbocycles. The van der Waals surface area contributed by atoms with E-state index in [0.717, 1.165) is 50.7 Å². The third-order valence-corrected chi connectivity index (χ3v) is 3.25. The molecule has 20 heavy (non-hydrogen) atoms. The quantitative estimate of drug-likeness (QED) is 0.867. The van der Waals surface area contributed by atoms with Gasteiger partial charge in [-0.15, -0.1) is 0 Å². The molecule has 2 heterocycles. The number of hydrogen-bond donors (Lipinski definition) is 1. The van der Waals surface area contributed by atoms with Gasteiger partial charge in [-0.1, -0.05) is 20.8 Å². The molecule has 0 radical (unpaired) electrons. The Morgan fingerprint density at radius 2 is 2.10 bits per heavy atom. The highest BCUT2D eigenvalue weighted by Gasteiger charge is 2.17. The summed E-state index contributed by atoms with van der Waals surface area (Å²) >= 11 is 0. The third kappa shape index (κ3) is 4.34. The third-order valence-electron chi connectivity index (χ3n) is 3.25. The minimum Gasteiger partial charge on any atom is -0.474 e. The monoisotopic (exact) mass is 279 g/mol. The van der Waals surface area contributed by atoms with Crippen LogP contribution in [-0.2, 0) is 4.74 Å². The van der Waals surface area contributed by atoms with Gasteiger partial charge in [0.05, 0.1) is 13.2 Å². The van der Waals surface area contributed by atoms with E-state index in [-0.39, 0.29) is 12.0 Å². The van der Waals surface area contributed by atoms with E-state index in [0.29, 0.717) is 5.88 Å². The largest absolute Gasteiger partial charge is 0.474 e. The van der Waals surface area contributed by atoms with Crippen molar-refractivity contribution in [2.75, 3.05) is 25.1 Å². The molecule has 112 valence electrons. The first kappa shape index (κ1) is 15.0. The topological polar surface area (TPSA) is 56.3 Å². The predicted octanol–water partition coefficient (Wildman–Crippen LogP) is 2.98. The Hall–Kier alpha value is -1.36. The molecule has 5 heteroatoms. The number of rotatable bonds is 6. The summed E-state index contributed by atoms with van der Waals surface area (Å²) in [6.45, 7) is 8.78. The molecule has 1 N–H and O–H groups in total. The van der Waals surface area contributed by atoms with Crippen molar-refractivity contribution < 1.29 is 9.47 Å². The summed E-state index contributed by atoms with van der Waals surface area (Å²) in [7, 11) is 0. The lowest BCUT2D eigenvalue weighted by Gasteiger charge is -2.23. The fraction of sp³-hybridized carbons (Fsp3) is 0.733. The Morgan fingerprint density at radius 1 is 1.35 bits per heavy atom. The standard InChI is InChI=1S/C15H25N3O2/c1-4-7-16-13-10-14(18-15(17-13)11(2)3)20-12-5-8-19-9-6-12/h10-12H,4-9H2,1-3H3,(H,16,17,18). The Bertz CT molecular complexity index is 418. The van der Waals surface area contributed by atoms with Crippen molar-refractivity contribution in [2.45, 2.75) is 52.1 Å². The summed E-state index contributed by atoms with van der Waals surface area (Å²) in [5.74, 6) is 2.64. The van der Waals surface area contributed by atoms with Gasteiger partial charge in [-0.2, -0.15) is 4.98 Å². The maximum Gasteiger partial charge on any atom is 0.219 e. The first-order chi connectivity index (χ1) is 9.69. The lowest BCUT2D eigenvalue weighted by Crippen LogP contribution is -2.26. The van der Waals surface area contributed by atoms with E-state index in [9.17, 15) is 0 Å². The minimum absolute atomic E-state index is 0.206. The van der Waals surface area contributed by atoms with Gasteiger partial charge in [0.25, 0.3) is 0 Å². The summed E-state index contributed by atoms with van der Waals surface area (Å²) in [4.78, 5) is 9.06. The second kappa shape index (κ2) is 7.43. The van der Waals surface area contributed by atoms with Crippen molar-refractivity contribution in [2.24, 2.45) is 0 Å². The van der Waals surface area contributed by atoms with Crippen molar-refractivity contribution >= 4 is 5.82 Å². The molecule has 1 aliphatic rings. The first-order valence-electron chi connectivity index (χ1n) is 7.56. The minimum atomic E-state index is 0.206. The van der Waals surface area contributed by atoms with Crippen molar-refractivity contribution in [3.8, 4) is 5.88 Å². The summed E-state index contributed by atoms with van der Waals surface area (Å²) in [5, 5.41) is 3.31. The van der Waals surface area contributed by atoms with Gasteiger partial charge >= 0.3 is 0 Å². The summed E-state index contributed by atoms with van der Waals surface area (Å²) in [5.41, 5.74) is 0. The van der Waals surface area contributed by atoms with E-state index in [4.69, 9.17) is 9.47 Å². The first-order valence-corrected chi connectivity index (χ1v) is 7.56. The van der Waals surface area contributed by atoms with E-state index >= 15 is 0 Å². The van der Waals surface area contributed by atoms with E-state index < -0.39 is 0 Å². The Kier molecular flexibility index (Phi) is 5.59. The van der Waals surface area contributed by atoms with Gasteiger partial charge in [-0.25, -0.2) is 4.98 Å². The van der Waals surface area contributed by atoms with Gasteiger partial charge < -0.3 is 14.8 Å². The molecule has 0 unspecified atom stereocenters. The van der Waals surface area contributed by atoms with Crippen molar-refractivity contribution in [1.82, 2.24) is 9.97 Å². The molecular formula is C15H25N3O2. The molecule has 1 aliphatic heterocycles. The van der Waals surface area contributed by atoms with Crippen molar-refractivity contribution in [3.63, 3.8) is 0 Å². The zero-order valence-corrected chi connectivity index (χ0v) is 12.7. The Labute approximate surface area is 121 Å².